The van der Waals surface area contributed by atoms with Gasteiger partial charge in [-0.15, -0.1) is 0 Å². The van der Waals surface area contributed by atoms with E-state index in [1.807, 2.05) is 30.3 Å². The standard InChI is InChI=1S/C13H12N2O/c1-2-13(16)15-12-7-9-5-3-4-6-10(9)11(12)8-14/h3-7,11H,2H2,1H3,(H,15,16). The Labute approximate surface area is 94.4 Å². The average Bonchev–Trinajstić information content (AvgIpc) is 2.65. The van der Waals surface area contributed by atoms with Crippen LogP contribution in [0.3, 0.4) is 0 Å². The van der Waals surface area contributed by atoms with Crippen molar-refractivity contribution < 1.29 is 4.79 Å². The van der Waals surface area contributed by atoms with Crippen molar-refractivity contribution in [1.29, 1.82) is 5.26 Å². The quantitative estimate of drug-likeness (QED) is 0.816. The Bertz CT molecular complexity index is 497. The first kappa shape index (κ1) is 10.4. The number of nitriles is 1. The fourth-order valence-electron chi connectivity index (χ4n) is 1.82. The number of hydrogen-bond acceptors (Lipinski definition) is 2. The lowest BCUT2D eigenvalue weighted by molar-refractivity contribution is -0.120. The first-order valence-corrected chi connectivity index (χ1v) is 5.26. The summed E-state index contributed by atoms with van der Waals surface area (Å²) in [4.78, 5) is 11.3. The molecule has 3 nitrogen and oxygen atoms in total. The van der Waals surface area contributed by atoms with Gasteiger partial charge in [-0.05, 0) is 17.2 Å². The van der Waals surface area contributed by atoms with E-state index in [1.165, 1.54) is 0 Å². The Morgan fingerprint density at radius 3 is 2.94 bits per heavy atom. The molecule has 1 aromatic rings. The molecule has 0 aliphatic heterocycles. The van der Waals surface area contributed by atoms with Crippen molar-refractivity contribution in [2.24, 2.45) is 0 Å². The molecular weight excluding hydrogens is 200 g/mol. The average molecular weight is 212 g/mol. The number of nitrogens with one attached hydrogen (secondary N) is 1. The number of fused-ring (bicyclic) bond motifs is 1. The van der Waals surface area contributed by atoms with Crippen molar-refractivity contribution in [1.82, 2.24) is 5.32 Å². The minimum Gasteiger partial charge on any atom is -0.328 e. The largest absolute Gasteiger partial charge is 0.328 e. The van der Waals surface area contributed by atoms with Gasteiger partial charge in [0.2, 0.25) is 5.91 Å². The Hall–Kier alpha value is -2.08. The third-order valence-electron chi connectivity index (χ3n) is 2.66. The fourth-order valence-corrected chi connectivity index (χ4v) is 1.82. The summed E-state index contributed by atoms with van der Waals surface area (Å²) >= 11 is 0. The molecule has 16 heavy (non-hydrogen) atoms. The van der Waals surface area contributed by atoms with Crippen LogP contribution < -0.4 is 5.32 Å². The van der Waals surface area contributed by atoms with Crippen LogP contribution in [0, 0.1) is 11.3 Å². The van der Waals surface area contributed by atoms with E-state index in [0.29, 0.717) is 12.1 Å². The van der Waals surface area contributed by atoms with E-state index in [0.717, 1.165) is 11.1 Å². The molecule has 0 fully saturated rings. The topological polar surface area (TPSA) is 52.9 Å². The molecule has 1 atom stereocenters. The summed E-state index contributed by atoms with van der Waals surface area (Å²) in [7, 11) is 0. The van der Waals surface area contributed by atoms with Gasteiger partial charge in [-0.3, -0.25) is 4.79 Å². The minimum absolute atomic E-state index is 0.0562. The lowest BCUT2D eigenvalue weighted by atomic mass is 10.0. The Kier molecular flexibility index (Phi) is 2.74. The second-order valence-electron chi connectivity index (χ2n) is 3.69. The summed E-state index contributed by atoms with van der Waals surface area (Å²) in [6, 6.07) is 9.92. The second kappa shape index (κ2) is 4.19. The highest BCUT2D eigenvalue weighted by Gasteiger charge is 2.25. The van der Waals surface area contributed by atoms with Crippen molar-refractivity contribution in [2.75, 3.05) is 0 Å². The molecular formula is C13H12N2O. The summed E-state index contributed by atoms with van der Waals surface area (Å²) in [6.45, 7) is 1.79. The predicted molar refractivity (Wildman–Crippen MR) is 61.2 cm³/mol. The molecule has 1 aliphatic rings. The van der Waals surface area contributed by atoms with E-state index < -0.39 is 0 Å². The number of hydrogen-bond donors (Lipinski definition) is 1. The lowest BCUT2D eigenvalue weighted by Crippen LogP contribution is -2.23. The predicted octanol–water partition coefficient (Wildman–Crippen LogP) is 2.17. The molecule has 80 valence electrons. The molecule has 0 bridgehead atoms. The van der Waals surface area contributed by atoms with Crippen molar-refractivity contribution in [2.45, 2.75) is 19.3 Å². The molecule has 1 aromatic carbocycles. The Morgan fingerprint density at radius 1 is 1.50 bits per heavy atom. The molecule has 0 saturated heterocycles. The van der Waals surface area contributed by atoms with E-state index in [1.54, 1.807) is 6.92 Å². The third-order valence-corrected chi connectivity index (χ3v) is 2.66. The zero-order valence-corrected chi connectivity index (χ0v) is 9.03. The number of carbonyl (C=O) groups is 1. The highest BCUT2D eigenvalue weighted by Crippen LogP contribution is 2.33. The van der Waals surface area contributed by atoms with Crippen LogP contribution in [-0.2, 0) is 4.79 Å². The summed E-state index contributed by atoms with van der Waals surface area (Å²) in [5.74, 6) is -0.397. The Balaban J connectivity index is 2.31. The maximum Gasteiger partial charge on any atom is 0.223 e. The SMILES string of the molecule is CCC(=O)NC1=Cc2ccccc2C1C#N. The molecule has 1 N–H and O–H groups in total. The van der Waals surface area contributed by atoms with Crippen LogP contribution in [0.25, 0.3) is 6.08 Å². The number of amides is 1. The highest BCUT2D eigenvalue weighted by molar-refractivity contribution is 5.81. The maximum absolute atomic E-state index is 11.3. The summed E-state index contributed by atoms with van der Waals surface area (Å²) in [6.07, 6.45) is 2.29. The normalized spacial score (nSPS) is 17.2. The molecule has 1 aliphatic carbocycles. The zero-order chi connectivity index (χ0) is 11.5. The van der Waals surface area contributed by atoms with Crippen molar-refractivity contribution in [3.05, 3.63) is 41.1 Å². The highest BCUT2D eigenvalue weighted by atomic mass is 16.1. The number of nitrogens with zero attached hydrogens (tertiary/aromatic N) is 1. The molecule has 0 saturated carbocycles. The molecule has 1 unspecified atom stereocenters. The van der Waals surface area contributed by atoms with Crippen LogP contribution in [0.1, 0.15) is 30.4 Å². The summed E-state index contributed by atoms with van der Waals surface area (Å²) in [5, 5.41) is 11.9. The van der Waals surface area contributed by atoms with Crippen LogP contribution in [0.4, 0.5) is 0 Å². The van der Waals surface area contributed by atoms with Gasteiger partial charge in [0.1, 0.15) is 5.92 Å². The lowest BCUT2D eigenvalue weighted by Gasteiger charge is -2.09. The van der Waals surface area contributed by atoms with Gasteiger partial charge in [-0.25, -0.2) is 0 Å². The molecule has 0 radical (unpaired) electrons. The van der Waals surface area contributed by atoms with E-state index in [9.17, 15) is 4.79 Å². The van der Waals surface area contributed by atoms with Crippen LogP contribution >= 0.6 is 0 Å². The van der Waals surface area contributed by atoms with Gasteiger partial charge >= 0.3 is 0 Å². The molecule has 0 aromatic heterocycles. The van der Waals surface area contributed by atoms with Gasteiger partial charge in [0.05, 0.1) is 6.07 Å². The molecule has 1 amide bonds. The summed E-state index contributed by atoms with van der Waals surface area (Å²) < 4.78 is 0. The Morgan fingerprint density at radius 2 is 2.25 bits per heavy atom. The molecule has 3 heteroatoms. The fraction of sp³-hybridized carbons (Fsp3) is 0.231. The molecule has 0 spiro atoms. The van der Waals surface area contributed by atoms with E-state index >= 15 is 0 Å². The minimum atomic E-state index is -0.341. The van der Waals surface area contributed by atoms with Crippen LogP contribution in [-0.4, -0.2) is 5.91 Å². The monoisotopic (exact) mass is 212 g/mol. The maximum atomic E-state index is 11.3. The van der Waals surface area contributed by atoms with Crippen LogP contribution in [0.5, 0.6) is 0 Å². The summed E-state index contributed by atoms with van der Waals surface area (Å²) in [5.41, 5.74) is 2.67. The van der Waals surface area contributed by atoms with Gasteiger partial charge in [0.25, 0.3) is 0 Å². The zero-order valence-electron chi connectivity index (χ0n) is 9.03. The van der Waals surface area contributed by atoms with Gasteiger partial charge in [-0.2, -0.15) is 5.26 Å². The van der Waals surface area contributed by atoms with Crippen molar-refractivity contribution in [3.8, 4) is 6.07 Å². The number of benzene rings is 1. The van der Waals surface area contributed by atoms with E-state index in [-0.39, 0.29) is 11.8 Å². The van der Waals surface area contributed by atoms with E-state index in [2.05, 4.69) is 11.4 Å². The van der Waals surface area contributed by atoms with Crippen LogP contribution in [0.15, 0.2) is 30.0 Å². The second-order valence-corrected chi connectivity index (χ2v) is 3.69. The van der Waals surface area contributed by atoms with Gasteiger partial charge < -0.3 is 5.32 Å². The van der Waals surface area contributed by atoms with Gasteiger partial charge in [0, 0.05) is 12.1 Å². The number of rotatable bonds is 2. The van der Waals surface area contributed by atoms with Crippen molar-refractivity contribution >= 4 is 12.0 Å². The van der Waals surface area contributed by atoms with Gasteiger partial charge in [0.15, 0.2) is 0 Å². The first-order chi connectivity index (χ1) is 7.76. The first-order valence-electron chi connectivity index (χ1n) is 5.26. The van der Waals surface area contributed by atoms with E-state index in [4.69, 9.17) is 5.26 Å². The molecule has 0 heterocycles. The van der Waals surface area contributed by atoms with Crippen molar-refractivity contribution in [3.63, 3.8) is 0 Å². The number of allylic oxidation sites excluding steroid dienone is 1. The van der Waals surface area contributed by atoms with Gasteiger partial charge in [-0.1, -0.05) is 31.2 Å². The number of carbonyl (C=O) groups excluding carboxylic acids is 1. The van der Waals surface area contributed by atoms with Crippen LogP contribution in [0.2, 0.25) is 0 Å². The molecule has 2 rings (SSSR count). The third kappa shape index (κ3) is 1.70. The smallest absolute Gasteiger partial charge is 0.223 e.